The number of carboxylic acid groups (broad SMARTS) is 1. The Morgan fingerprint density at radius 2 is 2.00 bits per heavy atom. The molecule has 16 heteroatoms. The molecule has 2 unspecified atom stereocenters. The molecule has 1 amide bonds. The molecule has 10 N–H and O–H groups in total. The fourth-order valence-electron chi connectivity index (χ4n) is 5.39. The van der Waals surface area contributed by atoms with Gasteiger partial charge in [0.2, 0.25) is 5.91 Å². The number of rotatable bonds is 13. The number of ketones is 1. The molecule has 15 nitrogen and oxygen atoms in total. The number of Topliss-reactive ketones (excluding diaryl/α,β-unsaturated/α-hetero) is 1. The van der Waals surface area contributed by atoms with Crippen LogP contribution in [0.25, 0.3) is 0 Å². The van der Waals surface area contributed by atoms with Gasteiger partial charge >= 0.3 is 5.97 Å². The second-order valence-electron chi connectivity index (χ2n) is 11.5. The number of nitrogens with two attached hydrogens (primary N) is 2. The van der Waals surface area contributed by atoms with E-state index in [1.165, 1.54) is 6.20 Å². The number of ether oxygens (including phenoxy) is 1. The highest BCUT2D eigenvalue weighted by molar-refractivity contribution is 7.99. The third kappa shape index (κ3) is 9.86. The van der Waals surface area contributed by atoms with Crippen LogP contribution in [0, 0.1) is 16.7 Å². The van der Waals surface area contributed by atoms with E-state index in [-0.39, 0.29) is 40.8 Å². The topological polar surface area (TPSA) is 226 Å². The number of aliphatic carboxylic acids is 1. The lowest BCUT2D eigenvalue weighted by Gasteiger charge is -2.40. The van der Waals surface area contributed by atoms with E-state index in [1.54, 1.807) is 36.7 Å². The molecule has 0 spiro atoms. The van der Waals surface area contributed by atoms with Gasteiger partial charge in [0.25, 0.3) is 0 Å². The molecule has 0 aromatic heterocycles. The number of carbonyl (C=O) groups is 3. The highest BCUT2D eigenvalue weighted by Crippen LogP contribution is 2.31. The monoisotopic (exact) mass is 648 g/mol. The number of hydrogen-bond acceptors (Lipinski definition) is 11. The van der Waals surface area contributed by atoms with Crippen LogP contribution in [0.3, 0.4) is 0 Å². The van der Waals surface area contributed by atoms with Crippen LogP contribution in [-0.4, -0.2) is 119 Å². The van der Waals surface area contributed by atoms with E-state index in [0.717, 1.165) is 25.9 Å². The van der Waals surface area contributed by atoms with E-state index < -0.39 is 17.8 Å². The van der Waals surface area contributed by atoms with Crippen molar-refractivity contribution in [3.8, 4) is 0 Å². The van der Waals surface area contributed by atoms with Gasteiger partial charge < -0.3 is 41.3 Å². The van der Waals surface area contributed by atoms with E-state index in [0.29, 0.717) is 55.6 Å². The Kier molecular flexibility index (Phi) is 13.1. The van der Waals surface area contributed by atoms with Gasteiger partial charge in [-0.1, -0.05) is 0 Å². The maximum Gasteiger partial charge on any atom is 0.341 e. The molecule has 2 saturated heterocycles. The summed E-state index contributed by atoms with van der Waals surface area (Å²) in [5.74, 6) is -1.25. The van der Waals surface area contributed by atoms with Crippen LogP contribution in [0.1, 0.15) is 40.0 Å². The fourth-order valence-corrected chi connectivity index (χ4v) is 6.41. The van der Waals surface area contributed by atoms with Crippen LogP contribution in [0.5, 0.6) is 0 Å². The first-order chi connectivity index (χ1) is 21.3. The predicted molar refractivity (Wildman–Crippen MR) is 174 cm³/mol. The normalized spacial score (nSPS) is 22.6. The molecule has 0 saturated carbocycles. The average Bonchev–Trinajstić information content (AvgIpc) is 2.94. The van der Waals surface area contributed by atoms with E-state index in [2.05, 4.69) is 16.0 Å². The quantitative estimate of drug-likeness (QED) is 0.0327. The van der Waals surface area contributed by atoms with Gasteiger partial charge in [-0.25, -0.2) is 4.79 Å². The van der Waals surface area contributed by atoms with Crippen molar-refractivity contribution in [2.24, 2.45) is 17.4 Å². The van der Waals surface area contributed by atoms with Gasteiger partial charge in [0.1, 0.15) is 5.57 Å². The first-order valence-electron chi connectivity index (χ1n) is 15.1. The molecular formula is C29H48N10O5S. The summed E-state index contributed by atoms with van der Waals surface area (Å²) < 4.78 is 5.68. The Morgan fingerprint density at radius 1 is 1.29 bits per heavy atom. The van der Waals surface area contributed by atoms with E-state index >= 15 is 0 Å². The zero-order chi connectivity index (χ0) is 33.3. The number of nitrogens with one attached hydrogen (secondary N) is 5. The number of amides is 1. The summed E-state index contributed by atoms with van der Waals surface area (Å²) in [6.45, 7) is 8.72. The number of hydrogen-bond donors (Lipinski definition) is 8. The van der Waals surface area contributed by atoms with E-state index in [9.17, 15) is 19.5 Å². The largest absolute Gasteiger partial charge is 0.477 e. The molecule has 3 aliphatic rings. The molecule has 45 heavy (non-hydrogen) atoms. The fraction of sp³-hybridized carbons (Fsp3) is 0.621. The van der Waals surface area contributed by atoms with Gasteiger partial charge in [-0.05, 0) is 51.7 Å². The molecular weight excluding hydrogens is 600 g/mol. The Labute approximate surface area is 268 Å². The summed E-state index contributed by atoms with van der Waals surface area (Å²) in [4.78, 5) is 43.2. The van der Waals surface area contributed by atoms with Gasteiger partial charge in [0, 0.05) is 57.4 Å². The van der Waals surface area contributed by atoms with Crippen LogP contribution in [0.2, 0.25) is 0 Å². The summed E-state index contributed by atoms with van der Waals surface area (Å²) in [5.41, 5.74) is 12.3. The summed E-state index contributed by atoms with van der Waals surface area (Å²) in [5, 5.41) is 33.3. The molecule has 250 valence electrons. The molecule has 0 aromatic carbocycles. The minimum atomic E-state index is -1.29. The van der Waals surface area contributed by atoms with Crippen molar-refractivity contribution in [1.29, 1.82) is 10.8 Å². The summed E-state index contributed by atoms with van der Waals surface area (Å²) >= 11 is 1.59. The van der Waals surface area contributed by atoms with Crippen LogP contribution in [0.4, 0.5) is 0 Å². The highest BCUT2D eigenvalue weighted by atomic mass is 32.2. The molecule has 0 aromatic rings. The van der Waals surface area contributed by atoms with E-state index in [1.807, 2.05) is 23.6 Å². The number of likely N-dealkylation sites (tertiary alicyclic amines) is 1. The number of carboxylic acids is 1. The van der Waals surface area contributed by atoms with Crippen molar-refractivity contribution in [3.05, 3.63) is 34.8 Å². The Balaban J connectivity index is 1.58. The smallest absolute Gasteiger partial charge is 0.341 e. The zero-order valence-electron chi connectivity index (χ0n) is 26.5. The van der Waals surface area contributed by atoms with E-state index in [4.69, 9.17) is 27.0 Å². The zero-order valence-corrected chi connectivity index (χ0v) is 27.3. The van der Waals surface area contributed by atoms with Crippen LogP contribution in [-0.2, 0) is 19.1 Å². The number of nitrogens with zero attached hydrogens (tertiary/aromatic N) is 3. The van der Waals surface area contributed by atoms with Crippen LogP contribution < -0.4 is 27.4 Å². The minimum absolute atomic E-state index is 0.00152. The number of carbonyl (C=O) groups excluding carboxylic acids is 2. The second-order valence-corrected chi connectivity index (χ2v) is 12.9. The first kappa shape index (κ1) is 35.7. The first-order valence-corrected chi connectivity index (χ1v) is 16.2. The van der Waals surface area contributed by atoms with Crippen molar-refractivity contribution in [1.82, 2.24) is 30.7 Å². The summed E-state index contributed by atoms with van der Waals surface area (Å²) in [6.07, 6.45) is 6.30. The second kappa shape index (κ2) is 16.5. The van der Waals surface area contributed by atoms with Gasteiger partial charge in [0.15, 0.2) is 17.7 Å². The SMILES string of the molecule is CC(/C=C(\N)N1CC(C(=O)NC[C@H]2CCCCO2)C1)=C1\C(=O)C(C(=O)O)=CN(C(C)SCCNCN(C)C(=N)NC(=N)N)C1C. The summed E-state index contributed by atoms with van der Waals surface area (Å²) in [7, 11) is 1.69. The maximum absolute atomic E-state index is 13.3. The third-order valence-electron chi connectivity index (χ3n) is 8.09. The van der Waals surface area contributed by atoms with Crippen molar-refractivity contribution < 1.29 is 24.2 Å². The third-order valence-corrected chi connectivity index (χ3v) is 9.25. The lowest BCUT2D eigenvalue weighted by molar-refractivity contribution is -0.134. The number of guanidine groups is 2. The van der Waals surface area contributed by atoms with Gasteiger partial charge in [-0.3, -0.25) is 31.0 Å². The molecule has 3 aliphatic heterocycles. The van der Waals surface area contributed by atoms with Gasteiger partial charge in [-0.15, -0.1) is 11.8 Å². The van der Waals surface area contributed by atoms with Gasteiger partial charge in [-0.2, -0.15) is 0 Å². The van der Waals surface area contributed by atoms with Gasteiger partial charge in [0.05, 0.1) is 35.9 Å². The Hall–Kier alpha value is -3.76. The van der Waals surface area contributed by atoms with Crippen molar-refractivity contribution in [2.45, 2.75) is 57.6 Å². The molecule has 2 fully saturated rings. The molecule has 3 rings (SSSR count). The highest BCUT2D eigenvalue weighted by Gasteiger charge is 2.37. The number of thioether (sulfide) groups is 1. The predicted octanol–water partition coefficient (Wildman–Crippen LogP) is -0.0623. The molecule has 0 aliphatic carbocycles. The van der Waals surface area contributed by atoms with Crippen molar-refractivity contribution in [3.63, 3.8) is 0 Å². The van der Waals surface area contributed by atoms with Crippen molar-refractivity contribution in [2.75, 3.05) is 52.3 Å². The lowest BCUT2D eigenvalue weighted by Crippen LogP contribution is -2.55. The average molecular weight is 649 g/mol. The van der Waals surface area contributed by atoms with Crippen LogP contribution >= 0.6 is 11.8 Å². The Bertz CT molecular complexity index is 1230. The van der Waals surface area contributed by atoms with Crippen LogP contribution in [0.15, 0.2) is 34.8 Å². The molecule has 3 atom stereocenters. The lowest BCUT2D eigenvalue weighted by atomic mass is 9.89. The number of allylic oxidation sites excluding steroid dienone is 2. The molecule has 3 heterocycles. The minimum Gasteiger partial charge on any atom is -0.477 e. The Morgan fingerprint density at radius 3 is 2.62 bits per heavy atom. The molecule has 0 radical (unpaired) electrons. The standard InChI is InChI=1S/C29H48N10O5S/c1-17(11-23(30)38-13-20(14-38)26(41)35-12-21-7-5-6-9-44-21)24-18(2)39(15-22(25(24)40)27(42)43)19(3)45-10-8-34-16-37(4)29(33)36-28(31)32/h11,15,18-21,34H,5-10,12-14,16,30H2,1-4H3,(H,35,41)(H,42,43)(H5,31,32,33,36)/b23-11+,24-17+/t18?,19?,21-/m1/s1. The molecule has 0 bridgehead atoms. The van der Waals surface area contributed by atoms with Crippen molar-refractivity contribution >= 4 is 41.3 Å². The maximum atomic E-state index is 13.3. The summed E-state index contributed by atoms with van der Waals surface area (Å²) in [6, 6.07) is -0.402.